The molecule has 0 bridgehead atoms. The molecular formula is C10H17NO2. The van der Waals surface area contributed by atoms with Crippen molar-refractivity contribution in [1.29, 1.82) is 0 Å². The summed E-state index contributed by atoms with van der Waals surface area (Å²) in [5, 5.41) is 0. The van der Waals surface area contributed by atoms with E-state index in [-0.39, 0.29) is 5.97 Å². The third-order valence-electron chi connectivity index (χ3n) is 1.36. The average molecular weight is 183 g/mol. The van der Waals surface area contributed by atoms with Gasteiger partial charge in [-0.2, -0.15) is 0 Å². The first-order valence-electron chi connectivity index (χ1n) is 4.43. The smallest absolute Gasteiger partial charge is 0.362 e. The topological polar surface area (TPSA) is 29.5 Å². The van der Waals surface area contributed by atoms with Gasteiger partial charge in [0.15, 0.2) is 5.70 Å². The Hall–Kier alpha value is -1.21. The maximum absolute atomic E-state index is 11.3. The zero-order chi connectivity index (χ0) is 10.3. The number of ether oxygens (including phenoxy) is 1. The first-order valence-corrected chi connectivity index (χ1v) is 4.43. The molecule has 0 aromatic rings. The number of nitrogens with zero attached hydrogens (tertiary/aromatic N) is 1. The van der Waals surface area contributed by atoms with Crippen molar-refractivity contribution in [3.05, 3.63) is 17.5 Å². The second-order valence-corrected chi connectivity index (χ2v) is 2.72. The molecule has 0 unspecified atom stereocenters. The van der Waals surface area contributed by atoms with Gasteiger partial charge in [-0.25, -0.2) is 4.79 Å². The lowest BCUT2D eigenvalue weighted by molar-refractivity contribution is -0.140. The van der Waals surface area contributed by atoms with E-state index in [1.807, 2.05) is 13.0 Å². The Morgan fingerprint density at radius 2 is 2.08 bits per heavy atom. The molecule has 13 heavy (non-hydrogen) atoms. The maximum atomic E-state index is 11.3. The van der Waals surface area contributed by atoms with E-state index in [2.05, 4.69) is 5.73 Å². The van der Waals surface area contributed by atoms with Gasteiger partial charge in [-0.3, -0.25) is 0 Å². The van der Waals surface area contributed by atoms with Crippen molar-refractivity contribution < 1.29 is 9.53 Å². The quantitative estimate of drug-likeness (QED) is 0.376. The molecule has 3 nitrogen and oxygen atoms in total. The molecule has 0 atom stereocenters. The van der Waals surface area contributed by atoms with Crippen molar-refractivity contribution in [1.82, 2.24) is 4.90 Å². The summed E-state index contributed by atoms with van der Waals surface area (Å²) in [5.74, 6) is -0.322. The standard InChI is InChI=1S/C10H17NO2/c1-5-7-8-9(11(3)4)10(12)13-6-2/h7H,5-6H2,1-4H3. The van der Waals surface area contributed by atoms with Gasteiger partial charge in [-0.15, -0.1) is 0 Å². The minimum Gasteiger partial charge on any atom is -0.461 e. The summed E-state index contributed by atoms with van der Waals surface area (Å²) < 4.78 is 4.86. The van der Waals surface area contributed by atoms with Crippen LogP contribution >= 0.6 is 0 Å². The number of likely N-dealkylation sites (N-methyl/N-ethyl adjacent to an activating group) is 1. The van der Waals surface area contributed by atoms with Crippen molar-refractivity contribution in [3.63, 3.8) is 0 Å². The monoisotopic (exact) mass is 183 g/mol. The van der Waals surface area contributed by atoms with E-state index < -0.39 is 0 Å². The molecule has 0 radical (unpaired) electrons. The Labute approximate surface area is 79.7 Å². The predicted octanol–water partition coefficient (Wildman–Crippen LogP) is 1.56. The van der Waals surface area contributed by atoms with E-state index in [0.717, 1.165) is 6.42 Å². The Morgan fingerprint density at radius 1 is 1.46 bits per heavy atom. The zero-order valence-corrected chi connectivity index (χ0v) is 8.76. The molecule has 0 N–H and O–H groups in total. The number of carbonyl (C=O) groups excluding carboxylic acids is 1. The molecule has 3 heteroatoms. The third kappa shape index (κ3) is 4.38. The summed E-state index contributed by atoms with van der Waals surface area (Å²) in [6.45, 7) is 4.17. The molecule has 0 rings (SSSR count). The lowest BCUT2D eigenvalue weighted by atomic mass is 10.4. The van der Waals surface area contributed by atoms with E-state index >= 15 is 0 Å². The van der Waals surface area contributed by atoms with Gasteiger partial charge in [0.05, 0.1) is 6.61 Å². The molecule has 0 aromatic heterocycles. The van der Waals surface area contributed by atoms with E-state index in [1.165, 1.54) is 0 Å². The van der Waals surface area contributed by atoms with Gasteiger partial charge in [0.2, 0.25) is 0 Å². The molecule has 0 heterocycles. The van der Waals surface area contributed by atoms with Crippen molar-refractivity contribution >= 4 is 5.97 Å². The van der Waals surface area contributed by atoms with Gasteiger partial charge < -0.3 is 9.64 Å². The highest BCUT2D eigenvalue weighted by atomic mass is 16.5. The number of rotatable bonds is 4. The Balaban J connectivity index is 4.61. The molecular weight excluding hydrogens is 166 g/mol. The molecule has 0 aliphatic rings. The summed E-state index contributed by atoms with van der Waals surface area (Å²) in [7, 11) is 3.59. The van der Waals surface area contributed by atoms with Gasteiger partial charge in [-0.05, 0) is 19.4 Å². The Morgan fingerprint density at radius 3 is 2.46 bits per heavy atom. The van der Waals surface area contributed by atoms with Crippen LogP contribution in [0.15, 0.2) is 17.5 Å². The molecule has 74 valence electrons. The number of hydrogen-bond acceptors (Lipinski definition) is 3. The van der Waals surface area contributed by atoms with E-state index in [9.17, 15) is 4.79 Å². The average Bonchev–Trinajstić information content (AvgIpc) is 2.05. The van der Waals surface area contributed by atoms with Crippen molar-refractivity contribution in [2.75, 3.05) is 20.7 Å². The number of esters is 1. The highest BCUT2D eigenvalue weighted by Crippen LogP contribution is 1.99. The summed E-state index contributed by atoms with van der Waals surface area (Å²) in [6.07, 6.45) is 2.67. The van der Waals surface area contributed by atoms with Crippen LogP contribution in [0.3, 0.4) is 0 Å². The van der Waals surface area contributed by atoms with Crippen molar-refractivity contribution in [2.45, 2.75) is 20.3 Å². The first-order chi connectivity index (χ1) is 6.13. The fourth-order valence-electron chi connectivity index (χ4n) is 0.769. The molecule has 0 aromatic carbocycles. The second-order valence-electron chi connectivity index (χ2n) is 2.72. The molecule has 0 spiro atoms. The minimum absolute atomic E-state index is 0.322. The summed E-state index contributed by atoms with van der Waals surface area (Å²) in [4.78, 5) is 13.0. The van der Waals surface area contributed by atoms with E-state index in [1.54, 1.807) is 25.9 Å². The van der Waals surface area contributed by atoms with Crippen LogP contribution < -0.4 is 0 Å². The molecule has 0 amide bonds. The summed E-state index contributed by atoms with van der Waals surface area (Å²) in [6, 6.07) is 0. The Kier molecular flexibility index (Phi) is 5.73. The Bertz CT molecular complexity index is 225. The van der Waals surface area contributed by atoms with Gasteiger partial charge in [0.25, 0.3) is 0 Å². The highest BCUT2D eigenvalue weighted by molar-refractivity contribution is 5.87. The van der Waals surface area contributed by atoms with Crippen LogP contribution in [0.4, 0.5) is 0 Å². The second kappa shape index (κ2) is 6.32. The van der Waals surface area contributed by atoms with Gasteiger partial charge >= 0.3 is 5.97 Å². The normalized spacial score (nSPS) is 8.62. The van der Waals surface area contributed by atoms with Crippen LogP contribution in [0, 0.1) is 0 Å². The zero-order valence-electron chi connectivity index (χ0n) is 8.76. The van der Waals surface area contributed by atoms with Gasteiger partial charge in [-0.1, -0.05) is 12.7 Å². The predicted molar refractivity (Wildman–Crippen MR) is 52.2 cm³/mol. The summed E-state index contributed by atoms with van der Waals surface area (Å²) in [5.41, 5.74) is 3.36. The summed E-state index contributed by atoms with van der Waals surface area (Å²) >= 11 is 0. The van der Waals surface area contributed by atoms with Crippen molar-refractivity contribution in [2.24, 2.45) is 0 Å². The number of carbonyl (C=O) groups is 1. The van der Waals surface area contributed by atoms with E-state index in [4.69, 9.17) is 4.74 Å². The number of hydrogen-bond donors (Lipinski definition) is 0. The minimum atomic E-state index is -0.322. The SMILES string of the molecule is CCC=C=C(C(=O)OCC)N(C)C. The van der Waals surface area contributed by atoms with Crippen LogP contribution in [0.1, 0.15) is 20.3 Å². The van der Waals surface area contributed by atoms with Crippen LogP contribution in [0.25, 0.3) is 0 Å². The lowest BCUT2D eigenvalue weighted by Gasteiger charge is -2.12. The fraction of sp³-hybridized carbons (Fsp3) is 0.600. The molecule has 0 aliphatic heterocycles. The molecule has 0 aliphatic carbocycles. The first kappa shape index (κ1) is 11.8. The largest absolute Gasteiger partial charge is 0.461 e. The van der Waals surface area contributed by atoms with Crippen LogP contribution in [-0.2, 0) is 9.53 Å². The van der Waals surface area contributed by atoms with Gasteiger partial charge in [0.1, 0.15) is 0 Å². The highest BCUT2D eigenvalue weighted by Gasteiger charge is 2.10. The van der Waals surface area contributed by atoms with E-state index in [0.29, 0.717) is 12.3 Å². The van der Waals surface area contributed by atoms with Crippen LogP contribution in [-0.4, -0.2) is 31.6 Å². The fourth-order valence-corrected chi connectivity index (χ4v) is 0.769. The third-order valence-corrected chi connectivity index (χ3v) is 1.36. The maximum Gasteiger partial charge on any atom is 0.362 e. The van der Waals surface area contributed by atoms with Crippen molar-refractivity contribution in [3.8, 4) is 0 Å². The van der Waals surface area contributed by atoms with Gasteiger partial charge in [0, 0.05) is 14.1 Å². The van der Waals surface area contributed by atoms with Crippen LogP contribution in [0.2, 0.25) is 0 Å². The lowest BCUT2D eigenvalue weighted by Crippen LogP contribution is -2.20. The molecule has 0 saturated heterocycles. The molecule has 0 fully saturated rings. The van der Waals surface area contributed by atoms with Crippen LogP contribution in [0.5, 0.6) is 0 Å². The molecule has 0 saturated carbocycles.